The highest BCUT2D eigenvalue weighted by Crippen LogP contribution is 2.42. The van der Waals surface area contributed by atoms with Crippen LogP contribution in [-0.4, -0.2) is 16.9 Å². The fraction of sp³-hybridized carbons (Fsp3) is 0.210. The van der Waals surface area contributed by atoms with Gasteiger partial charge in [-0.2, -0.15) is 132 Å². The monoisotopic (exact) mass is 1290 g/mol. The van der Waals surface area contributed by atoms with Crippen LogP contribution in [-0.2, 0) is 68.8 Å². The van der Waals surface area contributed by atoms with Gasteiger partial charge in [0.1, 0.15) is 6.15 Å². The number of aryl methyl sites for hydroxylation is 2. The van der Waals surface area contributed by atoms with Gasteiger partial charge in [-0.1, -0.05) is 127 Å². The van der Waals surface area contributed by atoms with E-state index in [1.54, 1.807) is 6.20 Å². The Kier molecular flexibility index (Phi) is 18.5. The topological polar surface area (TPSA) is 33.8 Å². The van der Waals surface area contributed by atoms with Crippen LogP contribution in [0.4, 0.5) is 105 Å². The molecule has 1 aromatic heterocycles. The quantitative estimate of drug-likeness (QED) is 0.0305. The van der Waals surface area contributed by atoms with Gasteiger partial charge in [0.05, 0.1) is 56.9 Å². The van der Waals surface area contributed by atoms with Crippen LogP contribution in [0.15, 0.2) is 176 Å². The lowest BCUT2D eigenvalue weighted by atomic mass is 9.12. The molecule has 0 saturated carbocycles. The van der Waals surface area contributed by atoms with Gasteiger partial charge in [0, 0.05) is 12.0 Å². The highest BCUT2D eigenvalue weighted by Gasteiger charge is 2.47. The summed E-state index contributed by atoms with van der Waals surface area (Å²) in [6.07, 6.45) is -45.2. The first-order valence-electron chi connectivity index (χ1n) is 26.2. The maximum Gasteiger partial charge on any atom is 0.416 e. The number of aromatic nitrogens is 2. The van der Waals surface area contributed by atoms with Gasteiger partial charge in [0.2, 0.25) is 12.3 Å². The van der Waals surface area contributed by atoms with E-state index in [2.05, 4.69) is 59.6 Å². The Hall–Kier alpha value is -8.59. The number of fused-ring (bicyclic) bond motifs is 2. The first kappa shape index (κ1) is 67.3. The number of hydrogen-bond acceptors (Lipinski definition) is 2. The molecule has 9 aromatic rings. The summed E-state index contributed by atoms with van der Waals surface area (Å²) in [7, 11) is 0. The number of ketones is 1. The molecule has 474 valence electrons. The number of benzene rings is 8. The molecule has 0 amide bonds. The Morgan fingerprint density at radius 2 is 0.667 bits per heavy atom. The number of unbranched alkanes of at least 4 members (excludes halogenated alkanes) is 1. The zero-order valence-electron chi connectivity index (χ0n) is 45.2. The van der Waals surface area contributed by atoms with E-state index in [9.17, 15) is 110 Å². The molecule has 0 bridgehead atoms. The van der Waals surface area contributed by atoms with Crippen LogP contribution in [0.2, 0.25) is 0 Å². The van der Waals surface area contributed by atoms with E-state index in [1.165, 1.54) is 27.1 Å². The molecule has 0 aliphatic carbocycles. The summed E-state index contributed by atoms with van der Waals surface area (Å²) in [6, 6.07) is 20.3. The van der Waals surface area contributed by atoms with E-state index < -0.39 is 195 Å². The van der Waals surface area contributed by atoms with Crippen LogP contribution in [0, 0.1) is 0 Å². The molecular weight excluding hydrogens is 1260 g/mol. The molecule has 90 heavy (non-hydrogen) atoms. The van der Waals surface area contributed by atoms with Crippen molar-refractivity contribution in [3.05, 3.63) is 238 Å². The molecule has 0 N–H and O–H groups in total. The lowest BCUT2D eigenvalue weighted by Crippen LogP contribution is -2.75. The third-order valence-electron chi connectivity index (χ3n) is 14.8. The lowest BCUT2D eigenvalue weighted by molar-refractivity contribution is -0.691. The van der Waals surface area contributed by atoms with Gasteiger partial charge in [0.15, 0.2) is 11.9 Å². The van der Waals surface area contributed by atoms with Crippen LogP contribution in [0.25, 0.3) is 21.5 Å². The molecule has 3 nitrogen and oxygen atoms in total. The van der Waals surface area contributed by atoms with Crippen molar-refractivity contribution in [2.45, 2.75) is 81.6 Å². The molecule has 1 heterocycles. The van der Waals surface area contributed by atoms with Gasteiger partial charge in [-0.3, -0.25) is 9.78 Å². The maximum atomic E-state index is 14.2. The fourth-order valence-corrected chi connectivity index (χ4v) is 10.7. The van der Waals surface area contributed by atoms with Gasteiger partial charge < -0.3 is 0 Å². The molecule has 0 fully saturated rings. The minimum atomic E-state index is -6.13. The molecule has 0 atom stereocenters. The van der Waals surface area contributed by atoms with E-state index in [4.69, 9.17) is 0 Å². The smallest absolute Gasteiger partial charge is 0.287 e. The molecule has 0 aliphatic heterocycles. The number of alkyl halides is 24. The molecule has 0 saturated heterocycles. The van der Waals surface area contributed by atoms with E-state index >= 15 is 0 Å². The summed E-state index contributed by atoms with van der Waals surface area (Å²) < 4.78 is 343. The minimum Gasteiger partial charge on any atom is -0.287 e. The Morgan fingerprint density at radius 3 is 0.989 bits per heavy atom. The Morgan fingerprint density at radius 1 is 0.367 bits per heavy atom. The lowest BCUT2D eigenvalue weighted by Gasteiger charge is -2.46. The van der Waals surface area contributed by atoms with Crippen molar-refractivity contribution in [1.82, 2.24) is 4.98 Å². The van der Waals surface area contributed by atoms with Crippen LogP contribution in [0.5, 0.6) is 0 Å². The van der Waals surface area contributed by atoms with Crippen molar-refractivity contribution in [3.63, 3.8) is 0 Å². The number of rotatable bonds is 12. The second-order valence-corrected chi connectivity index (χ2v) is 20.7. The van der Waals surface area contributed by atoms with Crippen LogP contribution >= 0.6 is 0 Å². The molecule has 0 radical (unpaired) electrons. The molecule has 8 aromatic carbocycles. The van der Waals surface area contributed by atoms with E-state index in [-0.39, 0.29) is 5.78 Å². The maximum absolute atomic E-state index is 14.2. The van der Waals surface area contributed by atoms with Crippen molar-refractivity contribution in [2.24, 2.45) is 0 Å². The first-order valence-corrected chi connectivity index (χ1v) is 26.2. The summed E-state index contributed by atoms with van der Waals surface area (Å²) in [4.78, 5) is 17.0. The number of hydrogen-bond donors (Lipinski definition) is 0. The largest absolute Gasteiger partial charge is 0.416 e. The van der Waals surface area contributed by atoms with E-state index in [0.29, 0.717) is 6.54 Å². The third-order valence-corrected chi connectivity index (χ3v) is 14.8. The van der Waals surface area contributed by atoms with Crippen molar-refractivity contribution < 1.29 is 115 Å². The fourth-order valence-electron chi connectivity index (χ4n) is 10.7. The standard InChI is InChI=1S/C32H12BF24.C30H27N2O/c34-25(35,36)13-1-14(26(37,38)39)6-21(5-13)33(22-7-15(27(40,41)42)2-16(8-22)28(43,44)45,23-9-17(29(46,47)48)3-18(10-23)30(49,50)51)24-11-19(31(52,53)54)4-20(12-24)32(55,56)57;33-30(23-10-2-1-3-11-23)22-32-19-18-31-21-26(32)14-6-9-17-29-27-15-7-4-12-24(27)20-25-13-5-8-16-28(25)29/h1-12H;1-5,7-8,10-13,15-16,18-21H,6,9,14,17,22H2/q-1;+1. The summed E-state index contributed by atoms with van der Waals surface area (Å²) in [5, 5.41) is 5.30. The highest BCUT2D eigenvalue weighted by atomic mass is 19.4. The van der Waals surface area contributed by atoms with Crippen LogP contribution in [0.3, 0.4) is 0 Å². The van der Waals surface area contributed by atoms with E-state index in [1.807, 2.05) is 47.3 Å². The Bertz CT molecular complexity index is 3590. The van der Waals surface area contributed by atoms with Crippen molar-refractivity contribution >= 4 is 55.3 Å². The molecule has 28 heteroatoms. The van der Waals surface area contributed by atoms with Crippen molar-refractivity contribution in [1.29, 1.82) is 0 Å². The summed E-state index contributed by atoms with van der Waals surface area (Å²) >= 11 is 0. The molecule has 0 spiro atoms. The van der Waals surface area contributed by atoms with Gasteiger partial charge in [-0.25, -0.2) is 0 Å². The second-order valence-electron chi connectivity index (χ2n) is 20.7. The Balaban J connectivity index is 0.000000266. The average molecular weight is 1290 g/mol. The van der Waals surface area contributed by atoms with Gasteiger partial charge in [-0.05, 0) is 76.7 Å². The highest BCUT2D eigenvalue weighted by molar-refractivity contribution is 7.20. The summed E-state index contributed by atoms with van der Waals surface area (Å²) in [5.41, 5.74) is -26.9. The predicted octanol–water partition coefficient (Wildman–Crippen LogP) is 17.3. The van der Waals surface area contributed by atoms with Crippen molar-refractivity contribution in [3.8, 4) is 0 Å². The summed E-state index contributed by atoms with van der Waals surface area (Å²) in [5.74, 6) is 0.121. The SMILES string of the molecule is FC(F)(F)c1cc([B-](c2cc(C(F)(F)F)cc(C(F)(F)F)c2)(c2cc(C(F)(F)F)cc(C(F)(F)F)c2)c2cc(C(F)(F)F)cc(C(F)(F)F)c2)cc(C(F)(F)F)c1.O=C(C[n+]1ccncc1CCCCc1c2ccccc2cc2ccccc12)c1ccccc1. The van der Waals surface area contributed by atoms with Crippen LogP contribution in [0.1, 0.15) is 79.0 Å². The normalized spacial score (nSPS) is 13.2. The Labute approximate surface area is 493 Å². The summed E-state index contributed by atoms with van der Waals surface area (Å²) in [6.45, 7) is 0.343. The molecular formula is C62H39BF24N2O. The van der Waals surface area contributed by atoms with E-state index in [0.717, 1.165) is 36.9 Å². The van der Waals surface area contributed by atoms with Gasteiger partial charge in [-0.15, -0.1) is 0 Å². The number of nitrogens with zero attached hydrogens (tertiary/aromatic N) is 2. The zero-order valence-corrected chi connectivity index (χ0v) is 45.2. The van der Waals surface area contributed by atoms with Gasteiger partial charge in [0.25, 0.3) is 0 Å². The number of carbonyl (C=O) groups is 1. The number of Topliss-reactive ketones (excluding diaryl/α,β-unsaturated/α-hetero) is 1. The van der Waals surface area contributed by atoms with Gasteiger partial charge >= 0.3 is 49.4 Å². The minimum absolute atomic E-state index is 0.121. The molecule has 0 unspecified atom stereocenters. The molecule has 9 rings (SSSR count). The second kappa shape index (κ2) is 24.7. The zero-order chi connectivity index (χ0) is 66.4. The average Bonchev–Trinajstić information content (AvgIpc) is 0.713. The van der Waals surface area contributed by atoms with Crippen LogP contribution < -0.4 is 26.4 Å². The predicted molar refractivity (Wildman–Crippen MR) is 283 cm³/mol. The number of carbonyl (C=O) groups excluding carboxylic acids is 1. The van der Waals surface area contributed by atoms with Crippen molar-refractivity contribution in [2.75, 3.05) is 0 Å². The molecule has 0 aliphatic rings. The third kappa shape index (κ3) is 15.2. The first-order chi connectivity index (χ1) is 41.6. The number of halogens is 24.